The molecule has 1 amide bonds. The van der Waals surface area contributed by atoms with Crippen molar-refractivity contribution in [1.82, 2.24) is 20.2 Å². The van der Waals surface area contributed by atoms with E-state index in [1.807, 2.05) is 11.9 Å². The van der Waals surface area contributed by atoms with Crippen LogP contribution in [0, 0.1) is 0 Å². The second-order valence-corrected chi connectivity index (χ2v) is 10.4. The molecule has 2 saturated heterocycles. The average molecular weight is 515 g/mol. The third-order valence-electron chi connectivity index (χ3n) is 7.72. The maximum Gasteiger partial charge on any atom is 0.274 e. The van der Waals surface area contributed by atoms with Gasteiger partial charge in [0.15, 0.2) is 5.66 Å². The van der Waals surface area contributed by atoms with Gasteiger partial charge in [-0.25, -0.2) is 20.0 Å². The van der Waals surface area contributed by atoms with Gasteiger partial charge < -0.3 is 25.2 Å². The fourth-order valence-corrected chi connectivity index (χ4v) is 5.52. The highest BCUT2D eigenvalue weighted by Crippen LogP contribution is 2.43. The van der Waals surface area contributed by atoms with Crippen molar-refractivity contribution in [2.75, 3.05) is 61.6 Å². The molecular weight excluding hydrogens is 480 g/mol. The first-order valence-electron chi connectivity index (χ1n) is 13.1. The Hall–Kier alpha value is -4.05. The number of rotatable bonds is 5. The SMILES string of the molecule is C=CCN1C(=O)C2=CNC(Nc3ccc(N4CCN(C)CC4)cc3)=NC2(C)N1c1cnc2c(c1)C(C)CO2. The third-order valence-corrected chi connectivity index (χ3v) is 7.72. The third kappa shape index (κ3) is 4.05. The molecule has 2 N–H and O–H groups in total. The van der Waals surface area contributed by atoms with Crippen LogP contribution in [0.5, 0.6) is 5.88 Å². The number of hydrogen-bond acceptors (Lipinski definition) is 9. The van der Waals surface area contributed by atoms with E-state index in [1.165, 1.54) is 5.69 Å². The Labute approximate surface area is 223 Å². The molecule has 5 heterocycles. The van der Waals surface area contributed by atoms with Gasteiger partial charge in [-0.15, -0.1) is 6.58 Å². The summed E-state index contributed by atoms with van der Waals surface area (Å²) in [5.41, 5.74) is 3.53. The van der Waals surface area contributed by atoms with Gasteiger partial charge in [0.2, 0.25) is 11.8 Å². The highest BCUT2D eigenvalue weighted by molar-refractivity contribution is 6.05. The number of fused-ring (bicyclic) bond motifs is 2. The molecule has 2 unspecified atom stereocenters. The van der Waals surface area contributed by atoms with E-state index in [-0.39, 0.29) is 11.8 Å². The molecule has 4 aliphatic heterocycles. The number of ether oxygens (including phenoxy) is 1. The van der Waals surface area contributed by atoms with Crippen LogP contribution in [0.25, 0.3) is 0 Å². The quantitative estimate of drug-likeness (QED) is 0.589. The lowest BCUT2D eigenvalue weighted by Gasteiger charge is -2.38. The first-order valence-corrected chi connectivity index (χ1v) is 13.1. The molecule has 2 aromatic rings. The van der Waals surface area contributed by atoms with Crippen LogP contribution in [0.15, 0.2) is 65.9 Å². The van der Waals surface area contributed by atoms with Gasteiger partial charge in [0.05, 0.1) is 30.6 Å². The number of hydrazine groups is 1. The van der Waals surface area contributed by atoms with Gasteiger partial charge in [-0.3, -0.25) is 4.79 Å². The van der Waals surface area contributed by atoms with Gasteiger partial charge in [-0.05, 0) is 44.3 Å². The molecule has 2 atom stereocenters. The van der Waals surface area contributed by atoms with E-state index in [4.69, 9.17) is 9.73 Å². The van der Waals surface area contributed by atoms with Crippen LogP contribution < -0.4 is 25.3 Å². The first-order chi connectivity index (χ1) is 18.4. The molecule has 0 spiro atoms. The Morgan fingerprint density at radius 1 is 1.21 bits per heavy atom. The molecule has 0 aliphatic carbocycles. The minimum Gasteiger partial charge on any atom is -0.477 e. The molecule has 38 heavy (non-hydrogen) atoms. The summed E-state index contributed by atoms with van der Waals surface area (Å²) in [7, 11) is 2.16. The van der Waals surface area contributed by atoms with E-state index >= 15 is 0 Å². The second kappa shape index (κ2) is 9.36. The summed E-state index contributed by atoms with van der Waals surface area (Å²) in [5, 5.41) is 10.2. The molecule has 10 nitrogen and oxygen atoms in total. The highest BCUT2D eigenvalue weighted by atomic mass is 16.5. The Morgan fingerprint density at radius 2 is 1.97 bits per heavy atom. The predicted molar refractivity (Wildman–Crippen MR) is 149 cm³/mol. The van der Waals surface area contributed by atoms with Crippen molar-refractivity contribution < 1.29 is 9.53 Å². The molecule has 0 radical (unpaired) electrons. The average Bonchev–Trinajstić information content (AvgIpc) is 3.38. The number of hydrogen-bond donors (Lipinski definition) is 2. The smallest absolute Gasteiger partial charge is 0.274 e. The number of aliphatic imine (C=N–C) groups is 1. The Morgan fingerprint density at radius 3 is 2.71 bits per heavy atom. The van der Waals surface area contributed by atoms with E-state index in [2.05, 4.69) is 76.3 Å². The standard InChI is InChI=1S/C28H34N8O2/c1-5-10-35-26(37)24-17-30-27(31-20-6-8-21(9-7-20)34-13-11-33(4)12-14-34)32-28(24,3)36(35)22-15-23-19(2)18-38-25(23)29-16-22/h5-9,15-17,19H,1,10-14,18H2,2-4H3,(H2,30,31,32). The zero-order valence-corrected chi connectivity index (χ0v) is 22.1. The van der Waals surface area contributed by atoms with Gasteiger partial charge in [-0.1, -0.05) is 13.0 Å². The van der Waals surface area contributed by atoms with Gasteiger partial charge >= 0.3 is 0 Å². The topological polar surface area (TPSA) is 88.6 Å². The number of amides is 1. The number of nitrogens with zero attached hydrogens (tertiary/aromatic N) is 6. The fraction of sp³-hybridized carbons (Fsp3) is 0.393. The molecule has 1 aromatic carbocycles. The summed E-state index contributed by atoms with van der Waals surface area (Å²) < 4.78 is 5.70. The van der Waals surface area contributed by atoms with Crippen LogP contribution >= 0.6 is 0 Å². The molecule has 0 bridgehead atoms. The van der Waals surface area contributed by atoms with E-state index in [1.54, 1.807) is 23.5 Å². The molecule has 6 rings (SSSR count). The minimum atomic E-state index is -0.966. The highest BCUT2D eigenvalue weighted by Gasteiger charge is 2.53. The molecule has 2 fully saturated rings. The van der Waals surface area contributed by atoms with Crippen LogP contribution in [0.2, 0.25) is 0 Å². The van der Waals surface area contributed by atoms with Crippen molar-refractivity contribution in [2.45, 2.75) is 25.4 Å². The number of aromatic nitrogens is 1. The fourth-order valence-electron chi connectivity index (χ4n) is 5.52. The second-order valence-electron chi connectivity index (χ2n) is 10.4. The van der Waals surface area contributed by atoms with Crippen LogP contribution in [0.1, 0.15) is 25.3 Å². The van der Waals surface area contributed by atoms with Gasteiger partial charge in [0.25, 0.3) is 5.91 Å². The monoisotopic (exact) mass is 514 g/mol. The first kappa shape index (κ1) is 24.3. The van der Waals surface area contributed by atoms with Crippen LogP contribution in [-0.2, 0) is 4.79 Å². The summed E-state index contributed by atoms with van der Waals surface area (Å²) in [5.74, 6) is 1.32. The summed E-state index contributed by atoms with van der Waals surface area (Å²) in [6.07, 6.45) is 5.21. The van der Waals surface area contributed by atoms with Crippen LogP contribution in [-0.4, -0.2) is 78.8 Å². The molecule has 10 heteroatoms. The van der Waals surface area contributed by atoms with Crippen molar-refractivity contribution >= 4 is 28.9 Å². The Kier molecular flexibility index (Phi) is 5.98. The van der Waals surface area contributed by atoms with Crippen molar-refractivity contribution in [3.63, 3.8) is 0 Å². The lowest BCUT2D eigenvalue weighted by Crippen LogP contribution is -2.51. The number of piperazine rings is 1. The molecule has 4 aliphatic rings. The van der Waals surface area contributed by atoms with Gasteiger partial charge in [-0.2, -0.15) is 0 Å². The lowest BCUT2D eigenvalue weighted by atomic mass is 10.0. The number of likely N-dealkylation sites (N-methyl/N-ethyl adjacent to an activating group) is 1. The summed E-state index contributed by atoms with van der Waals surface area (Å²) in [4.78, 5) is 27.8. The van der Waals surface area contributed by atoms with Crippen LogP contribution in [0.4, 0.5) is 17.1 Å². The van der Waals surface area contributed by atoms with E-state index in [9.17, 15) is 4.79 Å². The van der Waals surface area contributed by atoms with E-state index in [0.717, 1.165) is 43.1 Å². The van der Waals surface area contributed by atoms with E-state index in [0.29, 0.717) is 30.6 Å². The Balaban J connectivity index is 1.28. The summed E-state index contributed by atoms with van der Waals surface area (Å²) in [6, 6.07) is 10.5. The van der Waals surface area contributed by atoms with Crippen molar-refractivity contribution in [2.24, 2.45) is 4.99 Å². The summed E-state index contributed by atoms with van der Waals surface area (Å²) >= 11 is 0. The zero-order valence-electron chi connectivity index (χ0n) is 22.1. The molecule has 198 valence electrons. The number of pyridine rings is 1. The number of nitrogens with one attached hydrogen (secondary N) is 2. The molecule has 0 saturated carbocycles. The summed E-state index contributed by atoms with van der Waals surface area (Å²) in [6.45, 7) is 13.1. The zero-order chi connectivity index (χ0) is 26.4. The number of carbonyl (C=O) groups is 1. The van der Waals surface area contributed by atoms with Crippen molar-refractivity contribution in [3.05, 3.63) is 66.5 Å². The number of guanidine groups is 1. The number of anilines is 3. The van der Waals surface area contributed by atoms with E-state index < -0.39 is 5.66 Å². The normalized spacial score (nSPS) is 24.8. The maximum atomic E-state index is 13.5. The lowest BCUT2D eigenvalue weighted by molar-refractivity contribution is -0.124. The number of benzene rings is 1. The van der Waals surface area contributed by atoms with Crippen molar-refractivity contribution in [3.8, 4) is 5.88 Å². The molecule has 1 aromatic heterocycles. The predicted octanol–water partition coefficient (Wildman–Crippen LogP) is 2.75. The molecular formula is C28H34N8O2. The van der Waals surface area contributed by atoms with Gasteiger partial charge in [0.1, 0.15) is 0 Å². The maximum absolute atomic E-state index is 13.5. The van der Waals surface area contributed by atoms with Crippen LogP contribution in [0.3, 0.4) is 0 Å². The minimum absolute atomic E-state index is 0.121. The van der Waals surface area contributed by atoms with Gasteiger partial charge in [0, 0.05) is 55.2 Å². The van der Waals surface area contributed by atoms with Crippen molar-refractivity contribution in [1.29, 1.82) is 0 Å². The Bertz CT molecular complexity index is 1310. The number of carbonyl (C=O) groups excluding carboxylic acids is 1. The largest absolute Gasteiger partial charge is 0.477 e.